The molecular formula is C46H25BN2S3. The van der Waals surface area contributed by atoms with E-state index in [9.17, 15) is 0 Å². The lowest BCUT2D eigenvalue weighted by Gasteiger charge is -2.38. The highest BCUT2D eigenvalue weighted by molar-refractivity contribution is 8.02. The van der Waals surface area contributed by atoms with Gasteiger partial charge in [0.05, 0.1) is 5.52 Å². The van der Waals surface area contributed by atoms with Gasteiger partial charge in [0, 0.05) is 51.9 Å². The van der Waals surface area contributed by atoms with Gasteiger partial charge in [-0.2, -0.15) is 0 Å². The van der Waals surface area contributed by atoms with Crippen LogP contribution in [0, 0.1) is 0 Å². The maximum Gasteiger partial charge on any atom is 0.250 e. The molecule has 0 amide bonds. The Balaban J connectivity index is 0.954. The fourth-order valence-corrected chi connectivity index (χ4v) is 12.4. The highest BCUT2D eigenvalue weighted by atomic mass is 32.2. The summed E-state index contributed by atoms with van der Waals surface area (Å²) in [5.41, 5.74) is 11.3. The van der Waals surface area contributed by atoms with Crippen molar-refractivity contribution in [3.05, 3.63) is 152 Å². The fraction of sp³-hybridized carbons (Fsp3) is 0. The molecule has 9 aromatic rings. The third kappa shape index (κ3) is 4.26. The molecular weight excluding hydrogens is 688 g/mol. The van der Waals surface area contributed by atoms with Crippen LogP contribution in [0.15, 0.2) is 181 Å². The summed E-state index contributed by atoms with van der Waals surface area (Å²) >= 11 is 5.81. The highest BCUT2D eigenvalue weighted by Gasteiger charge is 2.43. The van der Waals surface area contributed by atoms with Crippen molar-refractivity contribution in [2.75, 3.05) is 0 Å². The molecule has 0 radical (unpaired) electrons. The normalized spacial score (nSPS) is 13.5. The van der Waals surface area contributed by atoms with Crippen molar-refractivity contribution in [3.8, 4) is 33.6 Å². The summed E-state index contributed by atoms with van der Waals surface area (Å²) in [5, 5.41) is 5.86. The van der Waals surface area contributed by atoms with Crippen molar-refractivity contribution in [2.24, 2.45) is 0 Å². The minimum Gasteiger partial charge on any atom is -0.236 e. The van der Waals surface area contributed by atoms with E-state index in [2.05, 4.69) is 146 Å². The van der Waals surface area contributed by atoms with Crippen molar-refractivity contribution in [1.29, 1.82) is 0 Å². The first-order valence-electron chi connectivity index (χ1n) is 17.5. The molecule has 0 unspecified atom stereocenters. The van der Waals surface area contributed by atoms with Crippen LogP contribution < -0.4 is 16.4 Å². The van der Waals surface area contributed by atoms with Crippen LogP contribution in [0.4, 0.5) is 0 Å². The average Bonchev–Trinajstić information content (AvgIpc) is 3.21. The Morgan fingerprint density at radius 2 is 0.808 bits per heavy atom. The van der Waals surface area contributed by atoms with Crippen LogP contribution in [0.3, 0.4) is 0 Å². The maximum atomic E-state index is 5.22. The largest absolute Gasteiger partial charge is 0.250 e. The van der Waals surface area contributed by atoms with Crippen LogP contribution in [-0.2, 0) is 0 Å². The van der Waals surface area contributed by atoms with Crippen LogP contribution in [0.1, 0.15) is 0 Å². The van der Waals surface area contributed by atoms with Gasteiger partial charge in [0.25, 0.3) is 0 Å². The van der Waals surface area contributed by atoms with Gasteiger partial charge < -0.3 is 0 Å². The van der Waals surface area contributed by atoms with Crippen LogP contribution in [0.25, 0.3) is 66.1 Å². The van der Waals surface area contributed by atoms with Gasteiger partial charge in [-0.15, -0.1) is 0 Å². The first-order chi connectivity index (χ1) is 25.7. The second-order valence-corrected chi connectivity index (χ2v) is 16.9. The van der Waals surface area contributed by atoms with E-state index in [1.165, 1.54) is 78.6 Å². The molecule has 0 saturated heterocycles. The van der Waals surface area contributed by atoms with E-state index < -0.39 is 0 Å². The van der Waals surface area contributed by atoms with Crippen LogP contribution in [-0.4, -0.2) is 16.7 Å². The molecule has 0 bridgehead atoms. The lowest BCUT2D eigenvalue weighted by atomic mass is 9.36. The summed E-state index contributed by atoms with van der Waals surface area (Å²) in [6, 6.07) is 53.3. The molecule has 0 spiro atoms. The molecule has 52 heavy (non-hydrogen) atoms. The van der Waals surface area contributed by atoms with Gasteiger partial charge in [0.1, 0.15) is 0 Å². The van der Waals surface area contributed by atoms with Crippen molar-refractivity contribution in [2.45, 2.75) is 29.4 Å². The quantitative estimate of drug-likeness (QED) is 0.134. The third-order valence-electron chi connectivity index (χ3n) is 10.8. The van der Waals surface area contributed by atoms with Gasteiger partial charge in [-0.1, -0.05) is 132 Å². The van der Waals surface area contributed by atoms with E-state index in [0.29, 0.717) is 6.71 Å². The minimum atomic E-state index is 0.309. The fourth-order valence-electron chi connectivity index (χ4n) is 8.50. The predicted molar refractivity (Wildman–Crippen MR) is 221 cm³/mol. The summed E-state index contributed by atoms with van der Waals surface area (Å²) in [6.45, 7) is 0.309. The van der Waals surface area contributed by atoms with E-state index in [1.54, 1.807) is 0 Å². The molecule has 0 atom stereocenters. The lowest BCUT2D eigenvalue weighted by Crippen LogP contribution is -2.60. The molecule has 1 aromatic heterocycles. The smallest absolute Gasteiger partial charge is 0.236 e. The van der Waals surface area contributed by atoms with Crippen LogP contribution >= 0.6 is 35.3 Å². The van der Waals surface area contributed by atoms with E-state index in [-0.39, 0.29) is 0 Å². The Morgan fingerprint density at radius 3 is 1.42 bits per heavy atom. The second kappa shape index (κ2) is 11.1. The number of rotatable bonds is 3. The van der Waals surface area contributed by atoms with Gasteiger partial charge in [-0.05, 0) is 103 Å². The number of nitrogens with zero attached hydrogens (tertiary/aromatic N) is 2. The molecule has 2 nitrogen and oxygen atoms in total. The minimum absolute atomic E-state index is 0.309. The van der Waals surface area contributed by atoms with Gasteiger partial charge in [0.15, 0.2) is 5.82 Å². The lowest BCUT2D eigenvalue weighted by molar-refractivity contribution is 1.23. The van der Waals surface area contributed by atoms with Crippen molar-refractivity contribution in [3.63, 3.8) is 0 Å². The second-order valence-electron chi connectivity index (χ2n) is 13.7. The van der Waals surface area contributed by atoms with Gasteiger partial charge in [0.2, 0.25) is 6.71 Å². The molecule has 12 rings (SSSR count). The third-order valence-corrected chi connectivity index (χ3v) is 14.2. The monoisotopic (exact) mass is 712 g/mol. The van der Waals surface area contributed by atoms with Crippen LogP contribution in [0.5, 0.6) is 0 Å². The van der Waals surface area contributed by atoms with E-state index in [1.807, 2.05) is 41.5 Å². The van der Waals surface area contributed by atoms with Crippen molar-refractivity contribution >= 4 is 90.8 Å². The molecule has 0 fully saturated rings. The Hall–Kier alpha value is -5.27. The molecule has 240 valence electrons. The number of benzene rings is 8. The Bertz CT molecular complexity index is 2920. The van der Waals surface area contributed by atoms with Crippen LogP contribution in [0.2, 0.25) is 0 Å². The number of fused-ring (bicyclic) bond motifs is 6. The Kier molecular flexibility index (Phi) is 6.27. The SMILES string of the molecule is c1cc(-c2cccc(-c3ncc4c5ccccc5c5ccccc5c4n3)c2)cc(-c2cc3c4c(c2)Sc2cccc5c2B4c2c(cccc2S3)S5)c1. The number of hydrogen-bond donors (Lipinski definition) is 0. The zero-order chi connectivity index (χ0) is 33.9. The molecule has 0 aliphatic carbocycles. The Labute approximate surface area is 313 Å². The first kappa shape index (κ1) is 29.3. The Morgan fingerprint density at radius 1 is 0.365 bits per heavy atom. The molecule has 0 N–H and O–H groups in total. The molecule has 4 heterocycles. The van der Waals surface area contributed by atoms with Crippen molar-refractivity contribution < 1.29 is 0 Å². The maximum absolute atomic E-state index is 5.22. The van der Waals surface area contributed by atoms with E-state index in [4.69, 9.17) is 9.97 Å². The number of hydrogen-bond acceptors (Lipinski definition) is 5. The summed E-state index contributed by atoms with van der Waals surface area (Å²) in [5.74, 6) is 0.738. The summed E-state index contributed by atoms with van der Waals surface area (Å²) in [7, 11) is 0. The first-order valence-corrected chi connectivity index (χ1v) is 19.9. The summed E-state index contributed by atoms with van der Waals surface area (Å²) < 4.78 is 0. The zero-order valence-electron chi connectivity index (χ0n) is 27.6. The zero-order valence-corrected chi connectivity index (χ0v) is 30.1. The summed E-state index contributed by atoms with van der Waals surface area (Å²) in [4.78, 5) is 18.5. The highest BCUT2D eigenvalue weighted by Crippen LogP contribution is 2.46. The summed E-state index contributed by atoms with van der Waals surface area (Å²) in [6.07, 6.45) is 2.00. The van der Waals surface area contributed by atoms with Gasteiger partial charge >= 0.3 is 0 Å². The topological polar surface area (TPSA) is 25.8 Å². The molecule has 6 heteroatoms. The van der Waals surface area contributed by atoms with Crippen molar-refractivity contribution in [1.82, 2.24) is 9.97 Å². The molecule has 3 aliphatic heterocycles. The van der Waals surface area contributed by atoms with Gasteiger partial charge in [-0.25, -0.2) is 9.97 Å². The molecule has 0 saturated carbocycles. The molecule has 8 aromatic carbocycles. The molecule has 3 aliphatic rings. The average molecular weight is 713 g/mol. The standard InChI is InChI=1S/C46H25BN2S3/c1-2-15-33-31(13-1)32-14-3-4-16-34(32)45-35(33)25-48-46(49-45)29-12-6-10-27(22-29)26-9-5-11-28(21-26)30-23-40-44-41(24-30)52-39-20-8-18-37-43(39)47(44)42-36(50-37)17-7-19-38(42)51-40/h1-25H. The van der Waals surface area contributed by atoms with Gasteiger partial charge in [-0.3, -0.25) is 0 Å². The van der Waals surface area contributed by atoms with E-state index in [0.717, 1.165) is 33.2 Å². The van der Waals surface area contributed by atoms with E-state index >= 15 is 0 Å². The predicted octanol–water partition coefficient (Wildman–Crippen LogP) is 10.8. The number of aromatic nitrogens is 2.